The Bertz CT molecular complexity index is 1210. The summed E-state index contributed by atoms with van der Waals surface area (Å²) in [6, 6.07) is 0. The second-order valence-corrected chi connectivity index (χ2v) is 14.0. The molecule has 0 amide bonds. The van der Waals surface area contributed by atoms with Gasteiger partial charge in [-0.2, -0.15) is 0 Å². The lowest BCUT2D eigenvalue weighted by molar-refractivity contribution is -0.366. The van der Waals surface area contributed by atoms with Crippen LogP contribution >= 0.6 is 0 Å². The Hall–Kier alpha value is -1.00. The van der Waals surface area contributed by atoms with Crippen molar-refractivity contribution in [2.75, 3.05) is 39.6 Å². The van der Waals surface area contributed by atoms with E-state index in [9.17, 15) is 71.5 Å². The predicted molar refractivity (Wildman–Crippen MR) is 163 cm³/mol. The zero-order valence-corrected chi connectivity index (χ0v) is 28.9. The smallest absolute Gasteiger partial charge is 0.187 e. The van der Waals surface area contributed by atoms with Gasteiger partial charge >= 0.3 is 0 Å². The largest absolute Gasteiger partial charge is 0.394 e. The summed E-state index contributed by atoms with van der Waals surface area (Å²) in [5, 5.41) is 144. The molecular formula is C30H50O25. The van der Waals surface area contributed by atoms with Gasteiger partial charge in [0.05, 0.1) is 39.6 Å². The fourth-order valence-electron chi connectivity index (χ4n) is 6.77. The van der Waals surface area contributed by atoms with E-state index < -0.39 is 181 Å². The number of ether oxygens (including phenoxy) is 11. The first kappa shape index (κ1) is 43.6. The molecule has 0 aromatic carbocycles. The summed E-state index contributed by atoms with van der Waals surface area (Å²) >= 11 is 0. The fraction of sp³-hybridized carbons (Fsp3) is 1.00. The molecular weight excluding hydrogens is 760 g/mol. The molecule has 6 rings (SSSR count). The van der Waals surface area contributed by atoms with Crippen LogP contribution in [0.15, 0.2) is 0 Å². The minimum Gasteiger partial charge on any atom is -0.394 e. The van der Waals surface area contributed by atoms with Crippen molar-refractivity contribution in [3.63, 3.8) is 0 Å². The average Bonchev–Trinajstić information content (AvgIpc) is 3.44. The minimum atomic E-state index is -1.85. The second kappa shape index (κ2) is 18.5. The highest BCUT2D eigenvalue weighted by Gasteiger charge is 2.52. The van der Waals surface area contributed by atoms with Crippen molar-refractivity contribution < 1.29 is 124 Å². The summed E-state index contributed by atoms with van der Waals surface area (Å²) in [6.45, 7) is -2.88. The van der Waals surface area contributed by atoms with Crippen LogP contribution in [0.1, 0.15) is 0 Å². The molecule has 25 nitrogen and oxygen atoms in total. The predicted octanol–water partition coefficient (Wildman–Crippen LogP) is -10.3. The van der Waals surface area contributed by atoms with Crippen molar-refractivity contribution in [2.24, 2.45) is 0 Å². The van der Waals surface area contributed by atoms with Gasteiger partial charge < -0.3 is 124 Å². The number of aliphatic hydroxyl groups is 14. The van der Waals surface area contributed by atoms with Gasteiger partial charge in [0.2, 0.25) is 0 Å². The van der Waals surface area contributed by atoms with Crippen LogP contribution in [0.2, 0.25) is 0 Å². The van der Waals surface area contributed by atoms with Crippen LogP contribution in [-0.4, -0.2) is 259 Å². The number of hydrogen-bond donors (Lipinski definition) is 14. The zero-order chi connectivity index (χ0) is 39.9. The van der Waals surface area contributed by atoms with E-state index in [0.717, 1.165) is 0 Å². The van der Waals surface area contributed by atoms with Gasteiger partial charge in [0.15, 0.2) is 37.7 Å². The van der Waals surface area contributed by atoms with E-state index in [1.165, 1.54) is 0 Å². The molecule has 320 valence electrons. The first-order chi connectivity index (χ1) is 26.1. The highest BCUT2D eigenvalue weighted by Crippen LogP contribution is 2.32. The molecule has 6 unspecified atom stereocenters. The Morgan fingerprint density at radius 3 is 1.18 bits per heavy atom. The van der Waals surface area contributed by atoms with Crippen LogP contribution in [0, 0.1) is 0 Å². The average molecular weight is 811 g/mol. The van der Waals surface area contributed by atoms with Crippen LogP contribution in [0.3, 0.4) is 0 Å². The fourth-order valence-corrected chi connectivity index (χ4v) is 6.77. The van der Waals surface area contributed by atoms with Gasteiger partial charge in [0.25, 0.3) is 0 Å². The van der Waals surface area contributed by atoms with E-state index in [4.69, 9.17) is 52.1 Å². The summed E-state index contributed by atoms with van der Waals surface area (Å²) in [5.41, 5.74) is 0. The van der Waals surface area contributed by atoms with E-state index in [1.807, 2.05) is 0 Å². The summed E-state index contributed by atoms with van der Waals surface area (Å²) in [5.74, 6) is 0. The maximum atomic E-state index is 10.9. The van der Waals surface area contributed by atoms with Gasteiger partial charge in [0, 0.05) is 0 Å². The van der Waals surface area contributed by atoms with Crippen LogP contribution in [0.5, 0.6) is 0 Å². The quantitative estimate of drug-likeness (QED) is 0.0921. The highest BCUT2D eigenvalue weighted by molar-refractivity contribution is 4.94. The third kappa shape index (κ3) is 9.26. The van der Waals surface area contributed by atoms with Gasteiger partial charge in [-0.15, -0.1) is 0 Å². The van der Waals surface area contributed by atoms with Crippen molar-refractivity contribution in [2.45, 2.75) is 148 Å². The molecule has 55 heavy (non-hydrogen) atoms. The molecule has 14 N–H and O–H groups in total. The van der Waals surface area contributed by atoms with E-state index in [-0.39, 0.29) is 6.61 Å². The normalized spacial score (nSPS) is 54.0. The van der Waals surface area contributed by atoms with Gasteiger partial charge in [0.1, 0.15) is 110 Å². The Labute approximate surface area is 311 Å². The van der Waals surface area contributed by atoms with Gasteiger partial charge in [-0.05, 0) is 0 Å². The summed E-state index contributed by atoms with van der Waals surface area (Å²) in [6.07, 6.45) is -38.0. The first-order valence-corrected chi connectivity index (χ1v) is 17.6. The topological polar surface area (TPSA) is 385 Å². The SMILES string of the molecule is OC[C@@H]1O[C@@H](OC2[C@H](O[C@@H]3CO[C@H](O[C@@H]4CO[C@H](O[C@@H]5CO[C@@H](O[C@@H]6CO[C@@H](O)C(O)[C@H]6O)C(O)[C@H]5O)C(O)[C@H]4O)C(O)[C@H]3O)OC[C@@H](O)[C@@H]2O)C(O)[C@@H]1O. The van der Waals surface area contributed by atoms with E-state index in [1.54, 1.807) is 0 Å². The Morgan fingerprint density at radius 2 is 0.745 bits per heavy atom. The van der Waals surface area contributed by atoms with Crippen molar-refractivity contribution in [3.8, 4) is 0 Å². The number of aliphatic hydroxyl groups excluding tert-OH is 14. The van der Waals surface area contributed by atoms with Crippen molar-refractivity contribution >= 4 is 0 Å². The maximum absolute atomic E-state index is 10.9. The van der Waals surface area contributed by atoms with Crippen LogP contribution in [-0.2, 0) is 52.1 Å². The molecule has 6 fully saturated rings. The Balaban J connectivity index is 0.975. The lowest BCUT2D eigenvalue weighted by Crippen LogP contribution is -2.63. The van der Waals surface area contributed by atoms with Crippen molar-refractivity contribution in [3.05, 3.63) is 0 Å². The molecule has 0 saturated carbocycles. The molecule has 0 radical (unpaired) electrons. The Morgan fingerprint density at radius 1 is 0.364 bits per heavy atom. The van der Waals surface area contributed by atoms with E-state index >= 15 is 0 Å². The minimum absolute atomic E-state index is 0.368. The van der Waals surface area contributed by atoms with E-state index in [0.29, 0.717) is 0 Å². The van der Waals surface area contributed by atoms with Crippen molar-refractivity contribution in [1.82, 2.24) is 0 Å². The molecule has 6 saturated heterocycles. The molecule has 0 aromatic heterocycles. The summed E-state index contributed by atoms with van der Waals surface area (Å²) in [4.78, 5) is 0. The summed E-state index contributed by atoms with van der Waals surface area (Å²) in [7, 11) is 0. The lowest BCUT2D eigenvalue weighted by Gasteiger charge is -2.45. The van der Waals surface area contributed by atoms with Crippen LogP contribution in [0.4, 0.5) is 0 Å². The highest BCUT2D eigenvalue weighted by atomic mass is 16.8. The van der Waals surface area contributed by atoms with Gasteiger partial charge in [-0.25, -0.2) is 0 Å². The van der Waals surface area contributed by atoms with Crippen molar-refractivity contribution in [1.29, 1.82) is 0 Å². The first-order valence-electron chi connectivity index (χ1n) is 17.6. The molecule has 0 aliphatic carbocycles. The van der Waals surface area contributed by atoms with Gasteiger partial charge in [-0.3, -0.25) is 0 Å². The molecule has 6 aliphatic heterocycles. The molecule has 0 aromatic rings. The van der Waals surface area contributed by atoms with Crippen LogP contribution in [0.25, 0.3) is 0 Å². The van der Waals surface area contributed by atoms with Gasteiger partial charge in [-0.1, -0.05) is 0 Å². The third-order valence-corrected chi connectivity index (χ3v) is 10.2. The second-order valence-electron chi connectivity index (χ2n) is 14.0. The zero-order valence-electron chi connectivity index (χ0n) is 28.9. The van der Waals surface area contributed by atoms with Crippen LogP contribution < -0.4 is 0 Å². The number of rotatable bonds is 11. The summed E-state index contributed by atoms with van der Waals surface area (Å²) < 4.78 is 59.9. The monoisotopic (exact) mass is 810 g/mol. The third-order valence-electron chi connectivity index (χ3n) is 10.2. The maximum Gasteiger partial charge on any atom is 0.187 e. The van der Waals surface area contributed by atoms with E-state index in [2.05, 4.69) is 0 Å². The number of hydrogen-bond acceptors (Lipinski definition) is 25. The Kier molecular flexibility index (Phi) is 14.7. The molecule has 0 bridgehead atoms. The molecule has 25 heteroatoms. The molecule has 24 atom stereocenters. The molecule has 6 aliphatic rings. The molecule has 6 heterocycles. The molecule has 0 spiro atoms. The lowest BCUT2D eigenvalue weighted by atomic mass is 10.0. The standard InChI is InChI=1S/C30H50O25/c31-1-8-14(34)23(43)29(50-8)55-24-13(33)7(32)2-46-30(24)54-12-6-49-28(22(42)18(12)38)53-11-5-48-27(21(41)17(11)37)52-10-4-47-26(20(40)16(10)36)51-9-3-45-25(44)19(39)15(9)35/h7-44H,1-6H2/t7-,8+,9-,10-,11-,12-,13+,14-,15+,16+,17+,18+,19?,20?,21?,22?,23?,24?,25-,26+,27-,28-,29+,30+/m1/s1.